The first-order valence-corrected chi connectivity index (χ1v) is 7.50. The van der Waals surface area contributed by atoms with Gasteiger partial charge in [-0.3, -0.25) is 5.32 Å². The van der Waals surface area contributed by atoms with Gasteiger partial charge in [-0.25, -0.2) is 0 Å². The van der Waals surface area contributed by atoms with Crippen molar-refractivity contribution in [1.82, 2.24) is 5.32 Å². The average Bonchev–Trinajstić information content (AvgIpc) is 2.80. The van der Waals surface area contributed by atoms with Gasteiger partial charge in [0.05, 0.1) is 18.1 Å². The number of thioether (sulfide) groups is 1. The molecule has 1 aromatic heterocycles. The molecule has 0 bridgehead atoms. The van der Waals surface area contributed by atoms with Crippen LogP contribution in [0.2, 0.25) is 0 Å². The van der Waals surface area contributed by atoms with Gasteiger partial charge in [0.15, 0.2) is 0 Å². The Morgan fingerprint density at radius 3 is 2.89 bits per heavy atom. The van der Waals surface area contributed by atoms with Gasteiger partial charge in [-0.05, 0) is 51.5 Å². The second kappa shape index (κ2) is 7.50. The highest BCUT2D eigenvalue weighted by molar-refractivity contribution is 7.98. The molecule has 18 heavy (non-hydrogen) atoms. The number of nitriles is 1. The Hall–Kier alpha value is -0.920. The quantitative estimate of drug-likeness (QED) is 0.731. The minimum absolute atomic E-state index is 0.338. The number of hydrogen-bond donors (Lipinski definition) is 1. The number of nitrogens with one attached hydrogen (secondary N) is 1. The summed E-state index contributed by atoms with van der Waals surface area (Å²) in [6, 6.07) is 6.62. The van der Waals surface area contributed by atoms with Crippen molar-refractivity contribution < 1.29 is 4.42 Å². The first-order chi connectivity index (χ1) is 8.56. The summed E-state index contributed by atoms with van der Waals surface area (Å²) in [5.74, 6) is 2.98. The molecule has 0 saturated heterocycles. The van der Waals surface area contributed by atoms with E-state index < -0.39 is 5.54 Å². The Labute approximate surface area is 114 Å². The molecule has 4 heteroatoms. The van der Waals surface area contributed by atoms with E-state index >= 15 is 0 Å². The normalized spacial score (nSPS) is 14.4. The topological polar surface area (TPSA) is 49.0 Å². The smallest absolute Gasteiger partial charge is 0.113 e. The van der Waals surface area contributed by atoms with Crippen molar-refractivity contribution in [1.29, 1.82) is 5.26 Å². The molecule has 0 fully saturated rings. The summed E-state index contributed by atoms with van der Waals surface area (Å²) in [6.45, 7) is 6.12. The minimum atomic E-state index is -0.403. The predicted molar refractivity (Wildman–Crippen MR) is 76.4 cm³/mol. The summed E-state index contributed by atoms with van der Waals surface area (Å²) < 4.78 is 5.27. The van der Waals surface area contributed by atoms with Gasteiger partial charge < -0.3 is 4.42 Å². The zero-order chi connectivity index (χ0) is 13.4. The van der Waals surface area contributed by atoms with Gasteiger partial charge in [0.1, 0.15) is 11.3 Å². The van der Waals surface area contributed by atoms with Crippen LogP contribution in [0.15, 0.2) is 22.8 Å². The summed E-state index contributed by atoms with van der Waals surface area (Å²) in [5.41, 5.74) is -0.403. The fourth-order valence-electron chi connectivity index (χ4n) is 1.89. The molecule has 0 aliphatic carbocycles. The van der Waals surface area contributed by atoms with E-state index in [0.717, 1.165) is 30.1 Å². The highest BCUT2D eigenvalue weighted by Gasteiger charge is 2.23. The van der Waals surface area contributed by atoms with Crippen LogP contribution in [-0.4, -0.2) is 17.3 Å². The van der Waals surface area contributed by atoms with Gasteiger partial charge in [-0.1, -0.05) is 0 Å². The molecule has 1 rings (SSSR count). The van der Waals surface area contributed by atoms with Crippen LogP contribution >= 0.6 is 11.8 Å². The lowest BCUT2D eigenvalue weighted by Gasteiger charge is -2.25. The van der Waals surface area contributed by atoms with E-state index in [2.05, 4.69) is 25.2 Å². The maximum absolute atomic E-state index is 9.21. The van der Waals surface area contributed by atoms with Crippen molar-refractivity contribution in [2.24, 2.45) is 0 Å². The maximum Gasteiger partial charge on any atom is 0.113 e. The summed E-state index contributed by atoms with van der Waals surface area (Å²) in [4.78, 5) is 0. The molecule has 0 aromatic carbocycles. The lowest BCUT2D eigenvalue weighted by Crippen LogP contribution is -2.44. The average molecular weight is 266 g/mol. The fraction of sp³-hybridized carbons (Fsp3) is 0.643. The van der Waals surface area contributed by atoms with Crippen LogP contribution in [0.4, 0.5) is 0 Å². The number of furan rings is 1. The summed E-state index contributed by atoms with van der Waals surface area (Å²) in [7, 11) is 0. The zero-order valence-corrected chi connectivity index (χ0v) is 12.2. The maximum atomic E-state index is 9.21. The molecule has 1 atom stereocenters. The molecule has 0 radical (unpaired) electrons. The first kappa shape index (κ1) is 15.1. The summed E-state index contributed by atoms with van der Waals surface area (Å²) >= 11 is 1.85. The van der Waals surface area contributed by atoms with E-state index in [1.165, 1.54) is 0 Å². The molecule has 100 valence electrons. The molecule has 3 nitrogen and oxygen atoms in total. The highest BCUT2D eigenvalue weighted by atomic mass is 32.2. The van der Waals surface area contributed by atoms with Crippen LogP contribution in [0.3, 0.4) is 0 Å². The third-order valence-electron chi connectivity index (χ3n) is 2.64. The van der Waals surface area contributed by atoms with Crippen molar-refractivity contribution in [3.8, 4) is 6.07 Å². The lowest BCUT2D eigenvalue weighted by molar-refractivity contribution is 0.380. The minimum Gasteiger partial charge on any atom is -0.468 e. The molecule has 0 amide bonds. The van der Waals surface area contributed by atoms with Crippen molar-refractivity contribution >= 4 is 11.8 Å². The summed E-state index contributed by atoms with van der Waals surface area (Å²) in [6.07, 6.45) is 3.62. The molecule has 0 aliphatic rings. The molecule has 0 aliphatic heterocycles. The van der Waals surface area contributed by atoms with Gasteiger partial charge in [-0.2, -0.15) is 17.0 Å². The van der Waals surface area contributed by atoms with Crippen LogP contribution in [0.5, 0.6) is 0 Å². The van der Waals surface area contributed by atoms with E-state index in [4.69, 9.17) is 4.42 Å². The molecular weight excluding hydrogens is 244 g/mol. The number of hydrogen-bond acceptors (Lipinski definition) is 4. The molecule has 0 saturated carbocycles. The van der Waals surface area contributed by atoms with Crippen LogP contribution in [0, 0.1) is 11.3 Å². The second-order valence-corrected chi connectivity index (χ2v) is 6.08. The molecule has 1 N–H and O–H groups in total. The number of nitrogens with zero attached hydrogens (tertiary/aromatic N) is 1. The molecular formula is C14H22N2OS. The fourth-order valence-corrected chi connectivity index (χ4v) is 2.75. The lowest BCUT2D eigenvalue weighted by atomic mass is 9.97. The number of rotatable bonds is 8. The van der Waals surface area contributed by atoms with Gasteiger partial charge in [-0.15, -0.1) is 0 Å². The van der Waals surface area contributed by atoms with Crippen molar-refractivity contribution in [2.75, 3.05) is 5.75 Å². The monoisotopic (exact) mass is 266 g/mol. The Balaban J connectivity index is 2.18. The van der Waals surface area contributed by atoms with Crippen molar-refractivity contribution in [2.45, 2.75) is 50.9 Å². The van der Waals surface area contributed by atoms with Gasteiger partial charge >= 0.3 is 0 Å². The Morgan fingerprint density at radius 2 is 2.33 bits per heavy atom. The van der Waals surface area contributed by atoms with Gasteiger partial charge in [0.25, 0.3) is 0 Å². The Bertz CT molecular complexity index is 370. The van der Waals surface area contributed by atoms with Crippen LogP contribution in [0.1, 0.15) is 39.4 Å². The van der Waals surface area contributed by atoms with Crippen LogP contribution in [-0.2, 0) is 5.75 Å². The van der Waals surface area contributed by atoms with Crippen LogP contribution < -0.4 is 5.32 Å². The molecule has 1 unspecified atom stereocenters. The van der Waals surface area contributed by atoms with E-state index in [-0.39, 0.29) is 0 Å². The second-order valence-electron chi connectivity index (χ2n) is 4.98. The van der Waals surface area contributed by atoms with Gasteiger partial charge in [0, 0.05) is 6.04 Å². The third-order valence-corrected chi connectivity index (χ3v) is 3.71. The highest BCUT2D eigenvalue weighted by Crippen LogP contribution is 2.18. The van der Waals surface area contributed by atoms with Gasteiger partial charge in [0.2, 0.25) is 0 Å². The molecule has 0 spiro atoms. The zero-order valence-electron chi connectivity index (χ0n) is 11.4. The molecule has 1 heterocycles. The Kier molecular flexibility index (Phi) is 6.31. The van der Waals surface area contributed by atoms with Crippen LogP contribution in [0.25, 0.3) is 0 Å². The van der Waals surface area contributed by atoms with E-state index in [1.807, 2.05) is 30.8 Å². The van der Waals surface area contributed by atoms with E-state index in [0.29, 0.717) is 6.04 Å². The SMILES string of the molecule is CC(C)NC(C)(C#N)CCCSCc1ccco1. The van der Waals surface area contributed by atoms with E-state index in [9.17, 15) is 5.26 Å². The largest absolute Gasteiger partial charge is 0.468 e. The third kappa shape index (κ3) is 5.61. The van der Waals surface area contributed by atoms with Crippen molar-refractivity contribution in [3.63, 3.8) is 0 Å². The van der Waals surface area contributed by atoms with Crippen molar-refractivity contribution in [3.05, 3.63) is 24.2 Å². The standard InChI is InChI=1S/C14H22N2OS/c1-12(2)16-14(3,11-15)7-5-9-18-10-13-6-4-8-17-13/h4,6,8,12,16H,5,7,9-10H2,1-3H3. The predicted octanol–water partition coefficient (Wildman–Crippen LogP) is 3.57. The molecule has 1 aromatic rings. The van der Waals surface area contributed by atoms with E-state index in [1.54, 1.807) is 6.26 Å². The summed E-state index contributed by atoms with van der Waals surface area (Å²) in [5, 5.41) is 12.5. The first-order valence-electron chi connectivity index (χ1n) is 6.35. The Morgan fingerprint density at radius 1 is 1.56 bits per heavy atom.